The largest absolute Gasteiger partial charge is 0.352 e. The lowest BCUT2D eigenvalue weighted by molar-refractivity contribution is -0.132. The van der Waals surface area contributed by atoms with Crippen LogP contribution in [0.5, 0.6) is 0 Å². The van der Waals surface area contributed by atoms with Gasteiger partial charge in [0, 0.05) is 62.8 Å². The summed E-state index contributed by atoms with van der Waals surface area (Å²) in [7, 11) is 0. The van der Waals surface area contributed by atoms with Crippen molar-refractivity contribution in [3.63, 3.8) is 0 Å². The van der Waals surface area contributed by atoms with E-state index in [2.05, 4.69) is 5.32 Å². The number of hydrogen-bond acceptors (Lipinski definition) is 3. The van der Waals surface area contributed by atoms with Gasteiger partial charge in [-0.25, -0.2) is 4.79 Å². The molecule has 2 aliphatic rings. The molecule has 152 valence electrons. The number of hydrogen-bond donors (Lipinski definition) is 1. The number of urea groups is 1. The standard InChI is InChI=1S/C20H27ClN4O3/c21-17-6-4-16(5-7-17)19(27)22-9-8-18(26)23-12-14-25(15-13-23)20(28)24-10-2-1-3-11-24/h4-7H,1-3,8-15H2,(H,22,27). The van der Waals surface area contributed by atoms with Crippen LogP contribution in [0.3, 0.4) is 0 Å². The van der Waals surface area contributed by atoms with Gasteiger partial charge in [0.15, 0.2) is 0 Å². The Bertz CT molecular complexity index is 696. The molecule has 0 radical (unpaired) electrons. The van der Waals surface area contributed by atoms with Crippen molar-refractivity contribution in [1.29, 1.82) is 0 Å². The first kappa shape index (κ1) is 20.5. The summed E-state index contributed by atoms with van der Waals surface area (Å²) >= 11 is 5.81. The van der Waals surface area contributed by atoms with Crippen molar-refractivity contribution in [2.45, 2.75) is 25.7 Å². The zero-order chi connectivity index (χ0) is 19.9. The fraction of sp³-hybridized carbons (Fsp3) is 0.550. The lowest BCUT2D eigenvalue weighted by Gasteiger charge is -2.38. The van der Waals surface area contributed by atoms with Gasteiger partial charge in [0.25, 0.3) is 5.91 Å². The zero-order valence-electron chi connectivity index (χ0n) is 16.0. The van der Waals surface area contributed by atoms with Crippen LogP contribution in [0.4, 0.5) is 4.79 Å². The van der Waals surface area contributed by atoms with E-state index in [1.54, 1.807) is 29.2 Å². The average Bonchev–Trinajstić information content (AvgIpc) is 2.74. The number of carbonyl (C=O) groups excluding carboxylic acids is 3. The van der Waals surface area contributed by atoms with Crippen molar-refractivity contribution in [2.75, 3.05) is 45.8 Å². The molecule has 0 atom stereocenters. The number of rotatable bonds is 4. The number of benzene rings is 1. The molecule has 1 N–H and O–H groups in total. The Balaban J connectivity index is 1.37. The van der Waals surface area contributed by atoms with Crippen molar-refractivity contribution < 1.29 is 14.4 Å². The maximum Gasteiger partial charge on any atom is 0.320 e. The number of nitrogens with one attached hydrogen (secondary N) is 1. The Morgan fingerprint density at radius 2 is 1.39 bits per heavy atom. The summed E-state index contributed by atoms with van der Waals surface area (Å²) in [5.74, 6) is -0.220. The zero-order valence-corrected chi connectivity index (χ0v) is 16.8. The molecule has 1 aromatic carbocycles. The van der Waals surface area contributed by atoms with Gasteiger partial charge < -0.3 is 20.0 Å². The van der Waals surface area contributed by atoms with E-state index in [4.69, 9.17) is 11.6 Å². The Hall–Kier alpha value is -2.28. The van der Waals surface area contributed by atoms with Gasteiger partial charge >= 0.3 is 6.03 Å². The molecule has 4 amide bonds. The molecule has 8 heteroatoms. The molecular formula is C20H27ClN4O3. The second-order valence-corrected chi connectivity index (χ2v) is 7.65. The van der Waals surface area contributed by atoms with Gasteiger partial charge in [-0.1, -0.05) is 11.6 Å². The van der Waals surface area contributed by atoms with E-state index in [1.165, 1.54) is 6.42 Å². The van der Waals surface area contributed by atoms with Gasteiger partial charge in [-0.05, 0) is 43.5 Å². The first-order valence-corrected chi connectivity index (χ1v) is 10.3. The first-order chi connectivity index (χ1) is 13.5. The molecule has 2 saturated heterocycles. The molecule has 2 fully saturated rings. The highest BCUT2D eigenvalue weighted by atomic mass is 35.5. The van der Waals surface area contributed by atoms with Crippen LogP contribution in [0.2, 0.25) is 5.02 Å². The molecule has 0 saturated carbocycles. The van der Waals surface area contributed by atoms with Crippen molar-refractivity contribution >= 4 is 29.4 Å². The second-order valence-electron chi connectivity index (χ2n) is 7.21. The highest BCUT2D eigenvalue weighted by Crippen LogP contribution is 2.13. The molecule has 0 spiro atoms. The van der Waals surface area contributed by atoms with Gasteiger partial charge in [0.2, 0.25) is 5.91 Å². The van der Waals surface area contributed by atoms with E-state index in [9.17, 15) is 14.4 Å². The number of likely N-dealkylation sites (tertiary alicyclic amines) is 1. The molecular weight excluding hydrogens is 380 g/mol. The quantitative estimate of drug-likeness (QED) is 0.833. The minimum Gasteiger partial charge on any atom is -0.352 e. The van der Waals surface area contributed by atoms with E-state index in [0.717, 1.165) is 25.9 Å². The third-order valence-corrected chi connectivity index (χ3v) is 5.51. The fourth-order valence-electron chi connectivity index (χ4n) is 3.58. The number of amides is 4. The van der Waals surface area contributed by atoms with Crippen LogP contribution >= 0.6 is 11.6 Å². The van der Waals surface area contributed by atoms with Gasteiger partial charge in [0.05, 0.1) is 0 Å². The molecule has 7 nitrogen and oxygen atoms in total. The number of carbonyl (C=O) groups is 3. The molecule has 28 heavy (non-hydrogen) atoms. The lowest BCUT2D eigenvalue weighted by Crippen LogP contribution is -2.54. The lowest BCUT2D eigenvalue weighted by atomic mass is 10.1. The summed E-state index contributed by atoms with van der Waals surface area (Å²) < 4.78 is 0. The Labute approximate surface area is 170 Å². The molecule has 3 rings (SSSR count). The van der Waals surface area contributed by atoms with Crippen LogP contribution in [-0.2, 0) is 4.79 Å². The Morgan fingerprint density at radius 3 is 2.04 bits per heavy atom. The molecule has 0 bridgehead atoms. The molecule has 0 aromatic heterocycles. The van der Waals surface area contributed by atoms with Gasteiger partial charge in [-0.2, -0.15) is 0 Å². The van der Waals surface area contributed by atoms with Crippen LogP contribution in [0.25, 0.3) is 0 Å². The average molecular weight is 407 g/mol. The van der Waals surface area contributed by atoms with E-state index < -0.39 is 0 Å². The fourth-order valence-corrected chi connectivity index (χ4v) is 3.70. The molecule has 2 aliphatic heterocycles. The van der Waals surface area contributed by atoms with Crippen LogP contribution in [0.1, 0.15) is 36.0 Å². The van der Waals surface area contributed by atoms with E-state index in [0.29, 0.717) is 36.8 Å². The summed E-state index contributed by atoms with van der Waals surface area (Å²) in [6.07, 6.45) is 3.60. The third-order valence-electron chi connectivity index (χ3n) is 5.26. The van der Waals surface area contributed by atoms with Crippen LogP contribution < -0.4 is 5.32 Å². The Kier molecular flexibility index (Phi) is 7.14. The second kappa shape index (κ2) is 9.78. The predicted molar refractivity (Wildman–Crippen MR) is 107 cm³/mol. The Morgan fingerprint density at radius 1 is 0.821 bits per heavy atom. The highest BCUT2D eigenvalue weighted by Gasteiger charge is 2.27. The first-order valence-electron chi connectivity index (χ1n) is 9.90. The number of halogens is 1. The number of piperazine rings is 1. The smallest absolute Gasteiger partial charge is 0.320 e. The topological polar surface area (TPSA) is 73.0 Å². The maximum atomic E-state index is 12.5. The molecule has 0 unspecified atom stereocenters. The van der Waals surface area contributed by atoms with Crippen LogP contribution in [-0.4, -0.2) is 78.4 Å². The van der Waals surface area contributed by atoms with Crippen LogP contribution in [0, 0.1) is 0 Å². The summed E-state index contributed by atoms with van der Waals surface area (Å²) in [4.78, 5) is 42.5. The summed E-state index contributed by atoms with van der Waals surface area (Å²) in [6, 6.07) is 6.72. The van der Waals surface area contributed by atoms with Gasteiger partial charge in [-0.15, -0.1) is 0 Å². The van der Waals surface area contributed by atoms with Crippen molar-refractivity contribution in [3.8, 4) is 0 Å². The minimum absolute atomic E-state index is 0.00137. The SMILES string of the molecule is O=C(NCCC(=O)N1CCN(C(=O)N2CCCCC2)CC1)c1ccc(Cl)cc1. The summed E-state index contributed by atoms with van der Waals surface area (Å²) in [5, 5.41) is 3.33. The molecule has 1 aromatic rings. The maximum absolute atomic E-state index is 12.5. The summed E-state index contributed by atoms with van der Waals surface area (Å²) in [5.41, 5.74) is 0.515. The van der Waals surface area contributed by atoms with Gasteiger partial charge in [0.1, 0.15) is 0 Å². The number of nitrogens with zero attached hydrogens (tertiary/aromatic N) is 3. The highest BCUT2D eigenvalue weighted by molar-refractivity contribution is 6.30. The third kappa shape index (κ3) is 5.38. The molecule has 0 aliphatic carbocycles. The van der Waals surface area contributed by atoms with E-state index >= 15 is 0 Å². The van der Waals surface area contributed by atoms with Crippen molar-refractivity contribution in [2.24, 2.45) is 0 Å². The predicted octanol–water partition coefficient (Wildman–Crippen LogP) is 2.21. The normalized spacial score (nSPS) is 17.4. The van der Waals surface area contributed by atoms with Crippen molar-refractivity contribution in [3.05, 3.63) is 34.9 Å². The monoisotopic (exact) mass is 406 g/mol. The minimum atomic E-state index is -0.221. The van der Waals surface area contributed by atoms with E-state index in [-0.39, 0.29) is 30.8 Å². The summed E-state index contributed by atoms with van der Waals surface area (Å²) in [6.45, 7) is 4.19. The number of piperidine rings is 1. The van der Waals surface area contributed by atoms with Crippen LogP contribution in [0.15, 0.2) is 24.3 Å². The van der Waals surface area contributed by atoms with E-state index in [1.807, 2.05) is 9.80 Å². The van der Waals surface area contributed by atoms with Crippen molar-refractivity contribution in [1.82, 2.24) is 20.0 Å². The molecule has 2 heterocycles. The van der Waals surface area contributed by atoms with Gasteiger partial charge in [-0.3, -0.25) is 9.59 Å².